The molecule has 2 aromatic rings. The van der Waals surface area contributed by atoms with E-state index >= 15 is 0 Å². The highest BCUT2D eigenvalue weighted by Gasteiger charge is 2.03. The van der Waals surface area contributed by atoms with Gasteiger partial charge in [0.1, 0.15) is 5.82 Å². The molecule has 0 bridgehead atoms. The topological polar surface area (TPSA) is 67.6 Å². The molecule has 1 heterocycles. The molecule has 0 radical (unpaired) electrons. The van der Waals surface area contributed by atoms with Crippen molar-refractivity contribution in [3.05, 3.63) is 34.1 Å². The van der Waals surface area contributed by atoms with Crippen LogP contribution in [0.5, 0.6) is 0 Å². The first-order valence-electron chi connectivity index (χ1n) is 4.88. The third-order valence-electron chi connectivity index (χ3n) is 2.45. The maximum absolute atomic E-state index is 5.59. The fraction of sp³-hybridized carbons (Fsp3) is 0.182. The summed E-state index contributed by atoms with van der Waals surface area (Å²) in [6, 6.07) is 6.07. The predicted octanol–water partition coefficient (Wildman–Crippen LogP) is 2.40. The first kappa shape index (κ1) is 10.8. The molecule has 0 amide bonds. The van der Waals surface area contributed by atoms with Crippen molar-refractivity contribution in [1.82, 2.24) is 15.0 Å². The van der Waals surface area contributed by atoms with Crippen LogP contribution in [0.3, 0.4) is 0 Å². The third kappa shape index (κ3) is 2.09. The van der Waals surface area contributed by atoms with E-state index in [9.17, 15) is 0 Å². The fourth-order valence-corrected chi connectivity index (χ4v) is 1.62. The van der Waals surface area contributed by atoms with E-state index in [0.29, 0.717) is 5.82 Å². The fourth-order valence-electron chi connectivity index (χ4n) is 1.43. The van der Waals surface area contributed by atoms with Gasteiger partial charge in [-0.1, -0.05) is 12.1 Å². The van der Waals surface area contributed by atoms with Gasteiger partial charge in [-0.15, -0.1) is 0 Å². The van der Waals surface area contributed by atoms with Crippen LogP contribution in [0, 0.1) is 18.6 Å². The predicted molar refractivity (Wildman–Crippen MR) is 66.5 cm³/mol. The highest BCUT2D eigenvalue weighted by molar-refractivity contribution is 7.71. The van der Waals surface area contributed by atoms with Gasteiger partial charge in [0.05, 0.1) is 0 Å². The molecule has 0 saturated heterocycles. The van der Waals surface area contributed by atoms with E-state index in [-0.39, 0.29) is 10.7 Å². The summed E-state index contributed by atoms with van der Waals surface area (Å²) in [5.74, 6) is 0.939. The lowest BCUT2D eigenvalue weighted by Gasteiger charge is -2.05. The van der Waals surface area contributed by atoms with E-state index in [1.165, 1.54) is 11.1 Å². The van der Waals surface area contributed by atoms with Crippen molar-refractivity contribution in [2.45, 2.75) is 13.8 Å². The first-order valence-corrected chi connectivity index (χ1v) is 5.28. The minimum atomic E-state index is 0.254. The Balaban J connectivity index is 2.58. The molecule has 0 aliphatic rings. The molecule has 82 valence electrons. The molecular formula is C11H12N4S. The van der Waals surface area contributed by atoms with Gasteiger partial charge in [0.15, 0.2) is 0 Å². The van der Waals surface area contributed by atoms with Crippen LogP contribution in [0.15, 0.2) is 18.2 Å². The third-order valence-corrected chi connectivity index (χ3v) is 2.63. The standard InChI is InChI=1S/C11H12N4S/c1-6-3-4-8(5-7(6)2)9-13-10(12)15-11(16)14-9/h3-5H,1-2H3,(H3,12,13,14,15,16). The van der Waals surface area contributed by atoms with Crippen LogP contribution in [-0.2, 0) is 0 Å². The molecule has 0 aliphatic heterocycles. The molecule has 5 heteroatoms. The Morgan fingerprint density at radius 1 is 1.19 bits per heavy atom. The van der Waals surface area contributed by atoms with Gasteiger partial charge >= 0.3 is 0 Å². The van der Waals surface area contributed by atoms with Gasteiger partial charge in [0, 0.05) is 5.56 Å². The number of nitrogens with zero attached hydrogens (tertiary/aromatic N) is 2. The Bertz CT molecular complexity index is 589. The molecule has 0 spiro atoms. The summed E-state index contributed by atoms with van der Waals surface area (Å²) in [6.07, 6.45) is 0. The van der Waals surface area contributed by atoms with Crippen molar-refractivity contribution in [2.75, 3.05) is 5.73 Å². The van der Waals surface area contributed by atoms with Crippen LogP contribution < -0.4 is 5.73 Å². The van der Waals surface area contributed by atoms with Crippen molar-refractivity contribution in [2.24, 2.45) is 0 Å². The van der Waals surface area contributed by atoms with Crippen LogP contribution in [0.1, 0.15) is 11.1 Å². The molecule has 0 fully saturated rings. The lowest BCUT2D eigenvalue weighted by Crippen LogP contribution is -2.00. The highest BCUT2D eigenvalue weighted by Crippen LogP contribution is 2.18. The quantitative estimate of drug-likeness (QED) is 0.741. The molecule has 3 N–H and O–H groups in total. The Hall–Kier alpha value is -1.75. The molecule has 16 heavy (non-hydrogen) atoms. The van der Waals surface area contributed by atoms with E-state index in [2.05, 4.69) is 28.8 Å². The minimum absolute atomic E-state index is 0.254. The lowest BCUT2D eigenvalue weighted by molar-refractivity contribution is 1.05. The van der Waals surface area contributed by atoms with Gasteiger partial charge in [0.2, 0.25) is 10.7 Å². The van der Waals surface area contributed by atoms with Crippen LogP contribution in [0.4, 0.5) is 5.95 Å². The Labute approximate surface area is 98.6 Å². The number of hydrogen-bond acceptors (Lipinski definition) is 4. The summed E-state index contributed by atoms with van der Waals surface area (Å²) < 4.78 is 0.254. The maximum atomic E-state index is 5.59. The second kappa shape index (κ2) is 4.02. The zero-order valence-electron chi connectivity index (χ0n) is 9.11. The molecule has 1 aromatic heterocycles. The van der Waals surface area contributed by atoms with Crippen LogP contribution in [0.2, 0.25) is 0 Å². The molecule has 2 rings (SSSR count). The maximum Gasteiger partial charge on any atom is 0.224 e. The van der Waals surface area contributed by atoms with Gasteiger partial charge < -0.3 is 10.7 Å². The largest absolute Gasteiger partial charge is 0.369 e. The average Bonchev–Trinajstić information content (AvgIpc) is 2.20. The molecule has 4 nitrogen and oxygen atoms in total. The molecule has 0 atom stereocenters. The van der Waals surface area contributed by atoms with E-state index < -0.39 is 0 Å². The number of rotatable bonds is 1. The molecule has 0 saturated carbocycles. The normalized spacial score (nSPS) is 10.4. The number of hydrogen-bond donors (Lipinski definition) is 2. The molecular weight excluding hydrogens is 220 g/mol. The number of aromatic amines is 1. The second-order valence-corrected chi connectivity index (χ2v) is 4.03. The van der Waals surface area contributed by atoms with Gasteiger partial charge in [0.25, 0.3) is 0 Å². The smallest absolute Gasteiger partial charge is 0.224 e. The van der Waals surface area contributed by atoms with Gasteiger partial charge in [-0.25, -0.2) is 4.98 Å². The Morgan fingerprint density at radius 3 is 2.56 bits per heavy atom. The number of nitrogens with two attached hydrogens (primary N) is 1. The summed E-state index contributed by atoms with van der Waals surface area (Å²) in [7, 11) is 0. The molecule has 0 unspecified atom stereocenters. The molecule has 1 aromatic carbocycles. The van der Waals surface area contributed by atoms with Crippen molar-refractivity contribution < 1.29 is 0 Å². The number of benzene rings is 1. The van der Waals surface area contributed by atoms with Crippen LogP contribution in [-0.4, -0.2) is 15.0 Å². The van der Waals surface area contributed by atoms with Crippen molar-refractivity contribution in [3.8, 4) is 11.4 Å². The number of aromatic nitrogens is 3. The monoisotopic (exact) mass is 232 g/mol. The van der Waals surface area contributed by atoms with Gasteiger partial charge in [-0.3, -0.25) is 0 Å². The zero-order valence-corrected chi connectivity index (χ0v) is 9.93. The van der Waals surface area contributed by atoms with Crippen LogP contribution >= 0.6 is 12.2 Å². The van der Waals surface area contributed by atoms with E-state index in [1.54, 1.807) is 0 Å². The van der Waals surface area contributed by atoms with E-state index in [1.807, 2.05) is 18.2 Å². The number of H-pyrrole nitrogens is 1. The molecule has 0 aliphatic carbocycles. The summed E-state index contributed by atoms with van der Waals surface area (Å²) in [6.45, 7) is 4.12. The minimum Gasteiger partial charge on any atom is -0.369 e. The van der Waals surface area contributed by atoms with Gasteiger partial charge in [-0.2, -0.15) is 4.98 Å². The summed E-state index contributed by atoms with van der Waals surface area (Å²) in [5.41, 5.74) is 9.00. The van der Waals surface area contributed by atoms with Gasteiger partial charge in [-0.05, 0) is 43.3 Å². The van der Waals surface area contributed by atoms with Crippen LogP contribution in [0.25, 0.3) is 11.4 Å². The van der Waals surface area contributed by atoms with Crippen molar-refractivity contribution >= 4 is 18.2 Å². The Morgan fingerprint density at radius 2 is 1.94 bits per heavy atom. The summed E-state index contributed by atoms with van der Waals surface area (Å²) in [4.78, 5) is 10.9. The zero-order chi connectivity index (χ0) is 11.7. The second-order valence-electron chi connectivity index (χ2n) is 3.66. The highest BCUT2D eigenvalue weighted by atomic mass is 32.1. The Kier molecular flexibility index (Phi) is 2.70. The summed E-state index contributed by atoms with van der Waals surface area (Å²) in [5, 5.41) is 0. The number of nitrogen functional groups attached to an aromatic ring is 1. The first-order chi connectivity index (χ1) is 7.56. The lowest BCUT2D eigenvalue weighted by atomic mass is 10.1. The van der Waals surface area contributed by atoms with E-state index in [0.717, 1.165) is 5.56 Å². The SMILES string of the molecule is Cc1ccc(-c2nc(=S)nc(N)[nH]2)cc1C. The number of nitrogens with one attached hydrogen (secondary N) is 1. The number of aryl methyl sites for hydroxylation is 2. The van der Waals surface area contributed by atoms with E-state index in [4.69, 9.17) is 18.0 Å². The van der Waals surface area contributed by atoms with Crippen molar-refractivity contribution in [1.29, 1.82) is 0 Å². The average molecular weight is 232 g/mol. The summed E-state index contributed by atoms with van der Waals surface area (Å²) >= 11 is 4.92. The number of anilines is 1. The van der Waals surface area contributed by atoms with Crippen molar-refractivity contribution in [3.63, 3.8) is 0 Å².